The quantitative estimate of drug-likeness (QED) is 0.666. The van der Waals surface area contributed by atoms with Crippen LogP contribution >= 0.6 is 0 Å². The van der Waals surface area contributed by atoms with Gasteiger partial charge in [-0.3, -0.25) is 9.36 Å². The van der Waals surface area contributed by atoms with E-state index in [0.29, 0.717) is 5.70 Å². The lowest BCUT2D eigenvalue weighted by Gasteiger charge is -2.03. The first kappa shape index (κ1) is 8.33. The molecule has 0 aromatic carbocycles. The zero-order valence-electron chi connectivity index (χ0n) is 6.53. The number of aromatic hydroxyl groups is 1. The molecule has 62 valence electrons. The van der Waals surface area contributed by atoms with Gasteiger partial charge in [0.1, 0.15) is 0 Å². The van der Waals surface area contributed by atoms with Gasteiger partial charge in [0, 0.05) is 11.9 Å². The van der Waals surface area contributed by atoms with Gasteiger partial charge < -0.3 is 5.11 Å². The minimum atomic E-state index is -0.484. The summed E-state index contributed by atoms with van der Waals surface area (Å²) in [5, 5.41) is 9.04. The van der Waals surface area contributed by atoms with Crippen molar-refractivity contribution in [1.29, 1.82) is 0 Å². The zero-order valence-corrected chi connectivity index (χ0v) is 6.53. The van der Waals surface area contributed by atoms with E-state index in [1.165, 1.54) is 22.9 Å². The highest BCUT2D eigenvalue weighted by Gasteiger charge is 2.00. The first-order valence-electron chi connectivity index (χ1n) is 3.39. The van der Waals surface area contributed by atoms with E-state index >= 15 is 0 Å². The molecule has 1 aromatic heterocycles. The molecule has 0 atom stereocenters. The third-order valence-electron chi connectivity index (χ3n) is 1.47. The molecule has 0 unspecified atom stereocenters. The second-order valence-electron chi connectivity index (χ2n) is 2.26. The summed E-state index contributed by atoms with van der Waals surface area (Å²) >= 11 is 0. The summed E-state index contributed by atoms with van der Waals surface area (Å²) in [5.41, 5.74) is -0.0432. The number of hydrogen-bond acceptors (Lipinski definition) is 2. The number of rotatable bonds is 2. The normalized spacial score (nSPS) is 9.33. The van der Waals surface area contributed by atoms with E-state index in [-0.39, 0.29) is 5.75 Å². The Hall–Kier alpha value is -1.77. The van der Waals surface area contributed by atoms with Crippen LogP contribution in [0.25, 0.3) is 5.70 Å². The van der Waals surface area contributed by atoms with E-state index in [2.05, 4.69) is 13.2 Å². The van der Waals surface area contributed by atoms with E-state index in [9.17, 15) is 4.79 Å². The van der Waals surface area contributed by atoms with Gasteiger partial charge in [-0.05, 0) is 18.2 Å². The third-order valence-corrected chi connectivity index (χ3v) is 1.47. The molecule has 0 aliphatic carbocycles. The van der Waals surface area contributed by atoms with Crippen LogP contribution in [-0.2, 0) is 0 Å². The molecule has 3 nitrogen and oxygen atoms in total. The minimum Gasteiger partial charge on any atom is -0.503 e. The highest BCUT2D eigenvalue weighted by Crippen LogP contribution is 2.03. The molecule has 0 bridgehead atoms. The molecule has 0 fully saturated rings. The number of nitrogens with zero attached hydrogens (tertiary/aromatic N) is 1. The van der Waals surface area contributed by atoms with Gasteiger partial charge in [-0.25, -0.2) is 0 Å². The first-order valence-corrected chi connectivity index (χ1v) is 3.39. The van der Waals surface area contributed by atoms with Crippen molar-refractivity contribution < 1.29 is 5.11 Å². The van der Waals surface area contributed by atoms with E-state index < -0.39 is 5.56 Å². The zero-order chi connectivity index (χ0) is 9.14. The van der Waals surface area contributed by atoms with Crippen LogP contribution in [0, 0.1) is 0 Å². The Morgan fingerprint density at radius 1 is 1.67 bits per heavy atom. The van der Waals surface area contributed by atoms with Gasteiger partial charge in [0.15, 0.2) is 5.75 Å². The molecule has 1 rings (SSSR count). The number of allylic oxidation sites excluding steroid dienone is 2. The van der Waals surface area contributed by atoms with Crippen molar-refractivity contribution in [3.05, 3.63) is 47.9 Å². The topological polar surface area (TPSA) is 42.2 Å². The number of pyridine rings is 1. The van der Waals surface area contributed by atoms with Gasteiger partial charge in [-0.15, -0.1) is 0 Å². The predicted molar refractivity (Wildman–Crippen MR) is 47.9 cm³/mol. The second-order valence-corrected chi connectivity index (χ2v) is 2.26. The highest BCUT2D eigenvalue weighted by molar-refractivity contribution is 5.53. The van der Waals surface area contributed by atoms with Gasteiger partial charge in [-0.1, -0.05) is 13.2 Å². The second kappa shape index (κ2) is 3.09. The van der Waals surface area contributed by atoms with Crippen molar-refractivity contribution in [2.24, 2.45) is 0 Å². The Bertz CT molecular complexity index is 376. The molecule has 0 radical (unpaired) electrons. The molecule has 0 aliphatic rings. The standard InChI is InChI=1S/C9H9NO2/c1-3-7(2)10-6-4-5-8(11)9(10)12/h3-6,11H,1-2H2. The van der Waals surface area contributed by atoms with Crippen LogP contribution in [0.3, 0.4) is 0 Å². The predicted octanol–water partition coefficient (Wildman–Crippen LogP) is 1.21. The largest absolute Gasteiger partial charge is 0.503 e. The lowest BCUT2D eigenvalue weighted by Crippen LogP contribution is -2.16. The van der Waals surface area contributed by atoms with E-state index in [1.807, 2.05) is 0 Å². The summed E-state index contributed by atoms with van der Waals surface area (Å²) < 4.78 is 1.22. The van der Waals surface area contributed by atoms with Gasteiger partial charge >= 0.3 is 0 Å². The molecule has 0 amide bonds. The maximum Gasteiger partial charge on any atom is 0.297 e. The van der Waals surface area contributed by atoms with Gasteiger partial charge in [0.25, 0.3) is 5.56 Å². The smallest absolute Gasteiger partial charge is 0.297 e. The summed E-state index contributed by atoms with van der Waals surface area (Å²) in [7, 11) is 0. The Morgan fingerprint density at radius 2 is 2.33 bits per heavy atom. The summed E-state index contributed by atoms with van der Waals surface area (Å²) in [5.74, 6) is -0.291. The monoisotopic (exact) mass is 163 g/mol. The molecule has 0 aliphatic heterocycles. The fourth-order valence-electron chi connectivity index (χ4n) is 0.807. The Kier molecular flexibility index (Phi) is 2.14. The third kappa shape index (κ3) is 1.29. The van der Waals surface area contributed by atoms with Gasteiger partial charge in [0.2, 0.25) is 0 Å². The Morgan fingerprint density at radius 3 is 2.92 bits per heavy atom. The molecule has 1 N–H and O–H groups in total. The van der Waals surface area contributed by atoms with Crippen LogP contribution in [0.15, 0.2) is 42.4 Å². The fourth-order valence-corrected chi connectivity index (χ4v) is 0.807. The molecular weight excluding hydrogens is 154 g/mol. The highest BCUT2D eigenvalue weighted by atomic mass is 16.3. The maximum atomic E-state index is 11.2. The Labute approximate surface area is 69.9 Å². The fraction of sp³-hybridized carbons (Fsp3) is 0. The summed E-state index contributed by atoms with van der Waals surface area (Å²) in [6.45, 7) is 7.05. The maximum absolute atomic E-state index is 11.2. The molecule has 1 aromatic rings. The van der Waals surface area contributed by atoms with Gasteiger partial charge in [0.05, 0.1) is 0 Å². The van der Waals surface area contributed by atoms with Crippen molar-refractivity contribution in [3.63, 3.8) is 0 Å². The molecule has 0 saturated heterocycles. The number of hydrogen-bond donors (Lipinski definition) is 1. The lowest BCUT2D eigenvalue weighted by atomic mass is 10.4. The summed E-state index contributed by atoms with van der Waals surface area (Å²) in [4.78, 5) is 11.2. The molecule has 1 heterocycles. The molecule has 0 saturated carbocycles. The van der Waals surface area contributed by atoms with Crippen molar-refractivity contribution in [2.75, 3.05) is 0 Å². The van der Waals surface area contributed by atoms with Crippen molar-refractivity contribution >= 4 is 5.70 Å². The molecular formula is C9H9NO2. The average Bonchev–Trinajstić information content (AvgIpc) is 2.08. The Balaban J connectivity index is 3.35. The summed E-state index contributed by atoms with van der Waals surface area (Å²) in [6, 6.07) is 2.89. The van der Waals surface area contributed by atoms with Crippen LogP contribution < -0.4 is 5.56 Å². The van der Waals surface area contributed by atoms with Crippen LogP contribution in [0.1, 0.15) is 0 Å². The van der Waals surface area contributed by atoms with Gasteiger partial charge in [-0.2, -0.15) is 0 Å². The van der Waals surface area contributed by atoms with Crippen LogP contribution in [0.2, 0.25) is 0 Å². The van der Waals surface area contributed by atoms with E-state index in [0.717, 1.165) is 0 Å². The SMILES string of the molecule is C=CC(=C)n1cccc(O)c1=O. The summed E-state index contributed by atoms with van der Waals surface area (Å²) in [6.07, 6.45) is 2.97. The van der Waals surface area contributed by atoms with Crippen molar-refractivity contribution in [2.45, 2.75) is 0 Å². The van der Waals surface area contributed by atoms with Crippen LogP contribution in [0.4, 0.5) is 0 Å². The minimum absolute atomic E-state index is 0.291. The number of aromatic nitrogens is 1. The molecule has 12 heavy (non-hydrogen) atoms. The lowest BCUT2D eigenvalue weighted by molar-refractivity contribution is 0.464. The first-order chi connectivity index (χ1) is 5.66. The van der Waals surface area contributed by atoms with E-state index in [4.69, 9.17) is 5.11 Å². The average molecular weight is 163 g/mol. The molecule has 0 spiro atoms. The van der Waals surface area contributed by atoms with E-state index in [1.54, 1.807) is 6.07 Å². The molecule has 3 heteroatoms. The van der Waals surface area contributed by atoms with Crippen LogP contribution in [0.5, 0.6) is 5.75 Å². The van der Waals surface area contributed by atoms with Crippen molar-refractivity contribution in [3.8, 4) is 5.75 Å². The van der Waals surface area contributed by atoms with Crippen molar-refractivity contribution in [1.82, 2.24) is 4.57 Å². The van der Waals surface area contributed by atoms with Crippen LogP contribution in [-0.4, -0.2) is 9.67 Å².